The van der Waals surface area contributed by atoms with E-state index in [1.54, 1.807) is 0 Å². The molecule has 0 saturated carbocycles. The zero-order chi connectivity index (χ0) is 13.0. The van der Waals surface area contributed by atoms with Crippen molar-refractivity contribution in [3.63, 3.8) is 0 Å². The zero-order valence-corrected chi connectivity index (χ0v) is 11.9. The monoisotopic (exact) mass is 278 g/mol. The second-order valence-electron chi connectivity index (χ2n) is 4.59. The lowest BCUT2D eigenvalue weighted by molar-refractivity contribution is 0.680. The van der Waals surface area contributed by atoms with Gasteiger partial charge in [-0.25, -0.2) is 0 Å². The van der Waals surface area contributed by atoms with Gasteiger partial charge in [0.1, 0.15) is 0 Å². The SMILES string of the molecule is CC(CCc1ccc(Cl)cc1)c1ccccc1Cl. The molecule has 18 heavy (non-hydrogen) atoms. The Kier molecular flexibility index (Phi) is 4.68. The van der Waals surface area contributed by atoms with E-state index in [2.05, 4.69) is 25.1 Å². The first-order chi connectivity index (χ1) is 8.66. The standard InChI is InChI=1S/C16H16Cl2/c1-12(15-4-2-3-5-16(15)18)6-7-13-8-10-14(17)11-9-13/h2-5,8-12H,6-7H2,1H3. The molecule has 0 saturated heterocycles. The number of aryl methyl sites for hydroxylation is 1. The molecule has 2 heteroatoms. The van der Waals surface area contributed by atoms with Gasteiger partial charge in [0.25, 0.3) is 0 Å². The van der Waals surface area contributed by atoms with E-state index in [1.165, 1.54) is 11.1 Å². The Balaban J connectivity index is 1.98. The van der Waals surface area contributed by atoms with E-state index < -0.39 is 0 Å². The molecule has 0 radical (unpaired) electrons. The second-order valence-corrected chi connectivity index (χ2v) is 5.43. The van der Waals surface area contributed by atoms with Gasteiger partial charge in [-0.2, -0.15) is 0 Å². The average Bonchev–Trinajstić information content (AvgIpc) is 2.38. The third kappa shape index (κ3) is 3.51. The van der Waals surface area contributed by atoms with Gasteiger partial charge in [-0.1, -0.05) is 60.5 Å². The maximum absolute atomic E-state index is 6.20. The summed E-state index contributed by atoms with van der Waals surface area (Å²) in [7, 11) is 0. The van der Waals surface area contributed by atoms with E-state index in [-0.39, 0.29) is 0 Å². The van der Waals surface area contributed by atoms with Crippen LogP contribution in [0.4, 0.5) is 0 Å². The maximum atomic E-state index is 6.20. The Morgan fingerprint density at radius 1 is 0.944 bits per heavy atom. The van der Waals surface area contributed by atoms with Crippen molar-refractivity contribution in [1.82, 2.24) is 0 Å². The number of benzene rings is 2. The van der Waals surface area contributed by atoms with E-state index in [0.29, 0.717) is 5.92 Å². The van der Waals surface area contributed by atoms with Gasteiger partial charge in [0.2, 0.25) is 0 Å². The normalized spacial score (nSPS) is 12.4. The molecule has 2 rings (SSSR count). The third-order valence-electron chi connectivity index (χ3n) is 3.22. The van der Waals surface area contributed by atoms with Gasteiger partial charge >= 0.3 is 0 Å². The zero-order valence-electron chi connectivity index (χ0n) is 10.4. The first-order valence-corrected chi connectivity index (χ1v) is 6.91. The lowest BCUT2D eigenvalue weighted by atomic mass is 9.94. The Hall–Kier alpha value is -0.980. The Morgan fingerprint density at radius 2 is 1.61 bits per heavy atom. The van der Waals surface area contributed by atoms with Crippen molar-refractivity contribution in [3.8, 4) is 0 Å². The van der Waals surface area contributed by atoms with E-state index >= 15 is 0 Å². The Morgan fingerprint density at radius 3 is 2.28 bits per heavy atom. The molecule has 0 fully saturated rings. The van der Waals surface area contributed by atoms with Crippen LogP contribution in [-0.4, -0.2) is 0 Å². The summed E-state index contributed by atoms with van der Waals surface area (Å²) in [5.41, 5.74) is 2.55. The van der Waals surface area contributed by atoms with Crippen LogP contribution in [0.3, 0.4) is 0 Å². The number of hydrogen-bond acceptors (Lipinski definition) is 0. The fourth-order valence-electron chi connectivity index (χ4n) is 2.06. The van der Waals surface area contributed by atoms with Crippen molar-refractivity contribution >= 4 is 23.2 Å². The highest BCUT2D eigenvalue weighted by atomic mass is 35.5. The number of rotatable bonds is 4. The van der Waals surface area contributed by atoms with Crippen LogP contribution in [-0.2, 0) is 6.42 Å². The van der Waals surface area contributed by atoms with Crippen LogP contribution >= 0.6 is 23.2 Å². The predicted molar refractivity (Wildman–Crippen MR) is 79.6 cm³/mol. The molecular formula is C16H16Cl2. The largest absolute Gasteiger partial charge is 0.0843 e. The molecule has 0 spiro atoms. The molecule has 0 aliphatic rings. The molecule has 1 atom stereocenters. The van der Waals surface area contributed by atoms with Crippen molar-refractivity contribution in [2.45, 2.75) is 25.7 Å². The lowest BCUT2D eigenvalue weighted by Crippen LogP contribution is -1.97. The summed E-state index contributed by atoms with van der Waals surface area (Å²) < 4.78 is 0. The van der Waals surface area contributed by atoms with E-state index in [4.69, 9.17) is 23.2 Å². The highest BCUT2D eigenvalue weighted by Crippen LogP contribution is 2.27. The highest BCUT2D eigenvalue weighted by molar-refractivity contribution is 6.31. The van der Waals surface area contributed by atoms with Crippen LogP contribution < -0.4 is 0 Å². The van der Waals surface area contributed by atoms with Gasteiger partial charge in [0.05, 0.1) is 0 Å². The molecule has 0 heterocycles. The van der Waals surface area contributed by atoms with Crippen LogP contribution in [0.5, 0.6) is 0 Å². The molecule has 0 amide bonds. The molecule has 0 nitrogen and oxygen atoms in total. The van der Waals surface area contributed by atoms with Gasteiger partial charge < -0.3 is 0 Å². The van der Waals surface area contributed by atoms with Gasteiger partial charge in [-0.05, 0) is 48.1 Å². The van der Waals surface area contributed by atoms with Crippen LogP contribution in [0.2, 0.25) is 10.0 Å². The molecule has 2 aromatic carbocycles. The molecule has 0 aliphatic heterocycles. The van der Waals surface area contributed by atoms with E-state index in [9.17, 15) is 0 Å². The third-order valence-corrected chi connectivity index (χ3v) is 3.81. The first-order valence-electron chi connectivity index (χ1n) is 6.15. The highest BCUT2D eigenvalue weighted by Gasteiger charge is 2.09. The molecule has 0 aromatic heterocycles. The predicted octanol–water partition coefficient (Wildman–Crippen LogP) is 5.73. The molecule has 94 valence electrons. The van der Waals surface area contributed by atoms with Crippen molar-refractivity contribution in [3.05, 3.63) is 69.7 Å². The van der Waals surface area contributed by atoms with Crippen LogP contribution in [0.1, 0.15) is 30.4 Å². The van der Waals surface area contributed by atoms with Gasteiger partial charge in [-0.3, -0.25) is 0 Å². The minimum Gasteiger partial charge on any atom is -0.0843 e. The lowest BCUT2D eigenvalue weighted by Gasteiger charge is -2.13. The fraction of sp³-hybridized carbons (Fsp3) is 0.250. The summed E-state index contributed by atoms with van der Waals surface area (Å²) >= 11 is 12.1. The molecule has 0 bridgehead atoms. The molecule has 2 aromatic rings. The number of hydrogen-bond donors (Lipinski definition) is 0. The summed E-state index contributed by atoms with van der Waals surface area (Å²) in [4.78, 5) is 0. The molecule has 0 N–H and O–H groups in total. The molecule has 1 unspecified atom stereocenters. The van der Waals surface area contributed by atoms with Crippen LogP contribution in [0.25, 0.3) is 0 Å². The number of halogens is 2. The van der Waals surface area contributed by atoms with Gasteiger partial charge in [0, 0.05) is 10.0 Å². The van der Waals surface area contributed by atoms with E-state index in [0.717, 1.165) is 22.9 Å². The fourth-order valence-corrected chi connectivity index (χ4v) is 2.51. The molecule has 0 aliphatic carbocycles. The Labute approximate surface area is 119 Å². The van der Waals surface area contributed by atoms with Crippen molar-refractivity contribution in [1.29, 1.82) is 0 Å². The van der Waals surface area contributed by atoms with Crippen LogP contribution in [0, 0.1) is 0 Å². The van der Waals surface area contributed by atoms with Gasteiger partial charge in [0.15, 0.2) is 0 Å². The summed E-state index contributed by atoms with van der Waals surface area (Å²) in [6, 6.07) is 16.1. The second kappa shape index (κ2) is 6.26. The first kappa shape index (κ1) is 13.5. The van der Waals surface area contributed by atoms with Crippen molar-refractivity contribution in [2.24, 2.45) is 0 Å². The van der Waals surface area contributed by atoms with E-state index in [1.807, 2.05) is 30.3 Å². The van der Waals surface area contributed by atoms with Gasteiger partial charge in [-0.15, -0.1) is 0 Å². The average molecular weight is 279 g/mol. The minimum absolute atomic E-state index is 0.467. The summed E-state index contributed by atoms with van der Waals surface area (Å²) in [6.07, 6.45) is 2.13. The van der Waals surface area contributed by atoms with Crippen molar-refractivity contribution < 1.29 is 0 Å². The Bertz CT molecular complexity index is 503. The summed E-state index contributed by atoms with van der Waals surface area (Å²) in [5, 5.41) is 1.65. The minimum atomic E-state index is 0.467. The smallest absolute Gasteiger partial charge is 0.0440 e. The topological polar surface area (TPSA) is 0 Å². The maximum Gasteiger partial charge on any atom is 0.0440 e. The summed E-state index contributed by atoms with van der Waals surface area (Å²) in [5.74, 6) is 0.467. The quantitative estimate of drug-likeness (QED) is 0.670. The van der Waals surface area contributed by atoms with Crippen molar-refractivity contribution in [2.75, 3.05) is 0 Å². The summed E-state index contributed by atoms with van der Waals surface area (Å²) in [6.45, 7) is 2.22. The molecular weight excluding hydrogens is 263 g/mol. The van der Waals surface area contributed by atoms with Crippen LogP contribution in [0.15, 0.2) is 48.5 Å².